The van der Waals surface area contributed by atoms with E-state index >= 15 is 0 Å². The molecule has 0 atom stereocenters. The van der Waals surface area contributed by atoms with Crippen molar-refractivity contribution in [2.75, 3.05) is 21.3 Å². The third-order valence-corrected chi connectivity index (χ3v) is 9.12. The van der Waals surface area contributed by atoms with Crippen LogP contribution in [0.3, 0.4) is 0 Å². The number of ether oxygens (including phenoxy) is 3. The Morgan fingerprint density at radius 1 is 0.517 bits per heavy atom. The average Bonchev–Trinajstić information content (AvgIpc) is 2.75. The molecule has 0 aliphatic carbocycles. The van der Waals surface area contributed by atoms with Crippen LogP contribution in [0.2, 0.25) is 0 Å². The van der Waals surface area contributed by atoms with Crippen molar-refractivity contribution in [1.82, 2.24) is 0 Å². The van der Waals surface area contributed by atoms with Crippen molar-refractivity contribution in [2.45, 2.75) is 0 Å². The maximum absolute atomic E-state index is 5.30. The second-order valence-corrected chi connectivity index (χ2v) is 67.9. The van der Waals surface area contributed by atoms with Crippen LogP contribution in [0.15, 0.2) is 72.8 Å². The van der Waals surface area contributed by atoms with E-state index in [2.05, 4.69) is 95.4 Å². The molecule has 3 nitrogen and oxygen atoms in total. The summed E-state index contributed by atoms with van der Waals surface area (Å²) >= 11 is 5.86. The van der Waals surface area contributed by atoms with Gasteiger partial charge >= 0.3 is 218 Å². The predicted molar refractivity (Wildman–Crippen MR) is 151 cm³/mol. The van der Waals surface area contributed by atoms with Crippen LogP contribution in [0, 0.1) is 0 Å². The SMILES string of the molecule is COc1ccc([As](c2ccc(OC)cc2)c2ccc(OC)cc2)cc1.[I][Ga]([I])[I]. The molecule has 0 saturated carbocycles. The molecule has 3 aromatic carbocycles. The molecular formula is C21H21AsGaI3O3. The molecule has 0 saturated heterocycles. The van der Waals surface area contributed by atoms with Crippen molar-refractivity contribution in [3.8, 4) is 17.2 Å². The molecule has 8 heteroatoms. The van der Waals surface area contributed by atoms with Crippen LogP contribution in [0.4, 0.5) is 0 Å². The molecule has 0 spiro atoms. The van der Waals surface area contributed by atoms with Crippen LogP contribution in [0.5, 0.6) is 17.2 Å². The predicted octanol–water partition coefficient (Wildman–Crippen LogP) is 4.50. The van der Waals surface area contributed by atoms with E-state index in [9.17, 15) is 0 Å². The minimum atomic E-state index is -1.66. The van der Waals surface area contributed by atoms with Gasteiger partial charge in [0.2, 0.25) is 0 Å². The van der Waals surface area contributed by atoms with E-state index < -0.39 is 20.2 Å². The van der Waals surface area contributed by atoms with Crippen molar-refractivity contribution >= 4 is 92.3 Å². The fourth-order valence-electron chi connectivity index (χ4n) is 2.64. The van der Waals surface area contributed by atoms with Crippen molar-refractivity contribution < 1.29 is 14.2 Å². The van der Waals surface area contributed by atoms with Gasteiger partial charge in [-0.15, -0.1) is 0 Å². The van der Waals surface area contributed by atoms with E-state index in [1.54, 1.807) is 21.3 Å². The molecule has 3 rings (SSSR count). The summed E-state index contributed by atoms with van der Waals surface area (Å²) in [5.74, 6) is 2.63. The zero-order valence-electron chi connectivity index (χ0n) is 16.3. The van der Waals surface area contributed by atoms with Gasteiger partial charge in [-0.3, -0.25) is 0 Å². The monoisotopic (exact) mass is 846 g/mol. The molecule has 0 fully saturated rings. The summed E-state index contributed by atoms with van der Waals surface area (Å²) in [5, 5.41) is 0. The molecule has 0 N–H and O–H groups in total. The van der Waals surface area contributed by atoms with Gasteiger partial charge in [-0.05, 0) is 0 Å². The van der Waals surface area contributed by atoms with Crippen LogP contribution in [-0.4, -0.2) is 41.6 Å². The molecule has 0 bridgehead atoms. The van der Waals surface area contributed by atoms with E-state index in [4.69, 9.17) is 14.2 Å². The zero-order valence-corrected chi connectivity index (χ0v) is 27.1. The Bertz CT molecular complexity index is 744. The van der Waals surface area contributed by atoms with Gasteiger partial charge in [0.1, 0.15) is 0 Å². The average molecular weight is 847 g/mol. The number of hydrogen-bond acceptors (Lipinski definition) is 3. The van der Waals surface area contributed by atoms with Gasteiger partial charge in [-0.25, -0.2) is 0 Å². The number of benzene rings is 3. The Labute approximate surface area is 214 Å². The van der Waals surface area contributed by atoms with Crippen LogP contribution in [0.25, 0.3) is 0 Å². The van der Waals surface area contributed by atoms with Crippen LogP contribution >= 0.6 is 59.0 Å². The van der Waals surface area contributed by atoms with E-state index in [0.29, 0.717) is 0 Å². The van der Waals surface area contributed by atoms with Crippen molar-refractivity contribution in [2.24, 2.45) is 0 Å². The van der Waals surface area contributed by atoms with E-state index in [1.165, 1.54) is 13.1 Å². The topological polar surface area (TPSA) is 27.7 Å². The second kappa shape index (κ2) is 13.8. The molecule has 0 aliphatic heterocycles. The number of methoxy groups -OCH3 is 3. The first-order chi connectivity index (χ1) is 14.0. The van der Waals surface area contributed by atoms with E-state index in [-0.39, 0.29) is 0 Å². The normalized spacial score (nSPS) is 10.0. The number of rotatable bonds is 6. The van der Waals surface area contributed by atoms with Crippen LogP contribution in [-0.2, 0) is 0 Å². The molecule has 0 radical (unpaired) electrons. The summed E-state index contributed by atoms with van der Waals surface area (Å²) < 4.78 is 20.0. The van der Waals surface area contributed by atoms with Gasteiger partial charge in [0.05, 0.1) is 0 Å². The van der Waals surface area contributed by atoms with Gasteiger partial charge < -0.3 is 0 Å². The minimum absolute atomic E-state index is 0.569. The van der Waals surface area contributed by atoms with Gasteiger partial charge in [-0.2, -0.15) is 0 Å². The summed E-state index contributed by atoms with van der Waals surface area (Å²) in [5.41, 5.74) is -0.569. The Hall–Kier alpha value is 0.445. The molecule has 29 heavy (non-hydrogen) atoms. The third-order valence-electron chi connectivity index (χ3n) is 3.99. The molecule has 152 valence electrons. The first-order valence-electron chi connectivity index (χ1n) is 8.63. The van der Waals surface area contributed by atoms with Gasteiger partial charge in [0, 0.05) is 0 Å². The van der Waals surface area contributed by atoms with Crippen molar-refractivity contribution in [3.05, 3.63) is 72.8 Å². The number of hydrogen-bond donors (Lipinski definition) is 0. The molecule has 3 aromatic rings. The molecular weight excluding hydrogens is 826 g/mol. The fourth-order valence-corrected chi connectivity index (χ4v) is 7.33. The summed E-state index contributed by atoms with van der Waals surface area (Å²) in [6.45, 7) is 0. The zero-order chi connectivity index (χ0) is 21.2. The number of halogens is 3. The Balaban J connectivity index is 0.000000687. The summed E-state index contributed by atoms with van der Waals surface area (Å²) in [7, 11) is 5.08. The second-order valence-electron chi connectivity index (χ2n) is 5.68. The van der Waals surface area contributed by atoms with Crippen LogP contribution < -0.4 is 27.3 Å². The van der Waals surface area contributed by atoms with Crippen molar-refractivity contribution in [1.29, 1.82) is 0 Å². The van der Waals surface area contributed by atoms with Gasteiger partial charge in [0.15, 0.2) is 0 Å². The standard InChI is InChI=1S/C21H21AsO3.Ga.3HI/c1-23-19-10-4-16(5-11-19)22(17-6-12-20(24-2)13-7-17)18-8-14-21(25-3)15-9-18;;;;/h4-15H,1-3H3;;3*1H/q;+3;;;/p-3. The first kappa shape index (κ1) is 25.7. The van der Waals surface area contributed by atoms with Gasteiger partial charge in [-0.1, -0.05) is 0 Å². The molecule has 0 unspecified atom stereocenters. The van der Waals surface area contributed by atoms with Crippen molar-refractivity contribution in [3.63, 3.8) is 0 Å². The quantitative estimate of drug-likeness (QED) is 0.271. The fraction of sp³-hybridized carbons (Fsp3) is 0.143. The van der Waals surface area contributed by atoms with E-state index in [0.717, 1.165) is 17.2 Å². The molecule has 0 aliphatic rings. The Morgan fingerprint density at radius 2 is 0.724 bits per heavy atom. The third kappa shape index (κ3) is 8.48. The summed E-state index contributed by atoms with van der Waals surface area (Å²) in [4.78, 5) is 0. The summed E-state index contributed by atoms with van der Waals surface area (Å²) in [6, 6.07) is 25.2. The summed E-state index contributed by atoms with van der Waals surface area (Å²) in [6.07, 6.45) is 0. The van der Waals surface area contributed by atoms with E-state index in [1.807, 2.05) is 36.4 Å². The Kier molecular flexibility index (Phi) is 12.2. The van der Waals surface area contributed by atoms with Gasteiger partial charge in [0.25, 0.3) is 0 Å². The molecule has 0 aromatic heterocycles. The molecule has 0 heterocycles. The Morgan fingerprint density at radius 3 is 0.897 bits per heavy atom. The molecule has 0 amide bonds. The maximum atomic E-state index is 5.30. The van der Waals surface area contributed by atoms with Crippen LogP contribution in [0.1, 0.15) is 0 Å². The first-order valence-corrected chi connectivity index (χ1v) is 33.6.